The number of carbonyl (C=O) groups excluding carboxylic acids is 1. The highest BCUT2D eigenvalue weighted by molar-refractivity contribution is 5.91. The summed E-state index contributed by atoms with van der Waals surface area (Å²) in [6.45, 7) is 1.99. The molecule has 2 aliphatic rings. The lowest BCUT2D eigenvalue weighted by atomic mass is 9.90. The third kappa shape index (κ3) is 1.36. The monoisotopic (exact) mass is 202 g/mol. The van der Waals surface area contributed by atoms with Crippen LogP contribution in [0, 0.1) is 5.92 Å². The summed E-state index contributed by atoms with van der Waals surface area (Å²) in [6.07, 6.45) is 2.16. The molecule has 0 aromatic heterocycles. The fourth-order valence-electron chi connectivity index (χ4n) is 2.37. The molecule has 0 N–H and O–H groups in total. The average Bonchev–Trinajstić information content (AvgIpc) is 3.00. The van der Waals surface area contributed by atoms with Gasteiger partial charge in [-0.2, -0.15) is 0 Å². The number of hydrogen-bond donors (Lipinski definition) is 0. The first-order valence-corrected chi connectivity index (χ1v) is 5.56. The predicted molar refractivity (Wildman–Crippen MR) is 57.0 cm³/mol. The molecule has 1 aliphatic carbocycles. The molecule has 1 heterocycles. The Bertz CT molecular complexity index is 407. The fourth-order valence-corrected chi connectivity index (χ4v) is 2.37. The first-order valence-electron chi connectivity index (χ1n) is 5.56. The summed E-state index contributed by atoms with van der Waals surface area (Å²) < 4.78 is 5.70. The molecule has 3 rings (SSSR count). The molecule has 1 aromatic carbocycles. The van der Waals surface area contributed by atoms with E-state index >= 15 is 0 Å². The second-order valence-corrected chi connectivity index (χ2v) is 4.52. The summed E-state index contributed by atoms with van der Waals surface area (Å²) in [7, 11) is 0. The van der Waals surface area contributed by atoms with Crippen molar-refractivity contribution in [3.8, 4) is 5.75 Å². The number of Topliss-reactive ketones (excluding diaryl/α,β-unsaturated/α-hetero) is 1. The van der Waals surface area contributed by atoms with Gasteiger partial charge in [-0.1, -0.05) is 18.2 Å². The second-order valence-electron chi connectivity index (χ2n) is 4.52. The van der Waals surface area contributed by atoms with Crippen molar-refractivity contribution in [2.75, 3.05) is 0 Å². The van der Waals surface area contributed by atoms with Crippen LogP contribution in [0.25, 0.3) is 0 Å². The van der Waals surface area contributed by atoms with Gasteiger partial charge < -0.3 is 4.74 Å². The normalized spacial score (nSPS) is 28.3. The zero-order valence-corrected chi connectivity index (χ0v) is 8.77. The summed E-state index contributed by atoms with van der Waals surface area (Å²) in [5.74, 6) is 1.57. The zero-order chi connectivity index (χ0) is 10.4. The summed E-state index contributed by atoms with van der Waals surface area (Å²) in [5.41, 5.74) is 1.09. The van der Waals surface area contributed by atoms with E-state index in [2.05, 4.69) is 0 Å². The van der Waals surface area contributed by atoms with Gasteiger partial charge in [-0.15, -0.1) is 0 Å². The van der Waals surface area contributed by atoms with Crippen LogP contribution >= 0.6 is 0 Å². The molecule has 0 bridgehead atoms. The number of carbonyl (C=O) groups is 1. The van der Waals surface area contributed by atoms with Crippen molar-refractivity contribution in [2.24, 2.45) is 5.92 Å². The van der Waals surface area contributed by atoms with Crippen LogP contribution in [-0.4, -0.2) is 11.9 Å². The van der Waals surface area contributed by atoms with E-state index in [0.29, 0.717) is 11.7 Å². The Morgan fingerprint density at radius 1 is 1.33 bits per heavy atom. The van der Waals surface area contributed by atoms with Crippen LogP contribution in [0.2, 0.25) is 0 Å². The quantitative estimate of drug-likeness (QED) is 0.736. The van der Waals surface area contributed by atoms with Gasteiger partial charge in [0, 0.05) is 11.5 Å². The van der Waals surface area contributed by atoms with E-state index in [1.165, 1.54) is 0 Å². The van der Waals surface area contributed by atoms with E-state index in [4.69, 9.17) is 4.74 Å². The molecule has 1 saturated carbocycles. The highest BCUT2D eigenvalue weighted by atomic mass is 16.5. The van der Waals surface area contributed by atoms with Crippen LogP contribution in [0.5, 0.6) is 5.75 Å². The molecular weight excluding hydrogens is 188 g/mol. The summed E-state index contributed by atoms with van der Waals surface area (Å²) in [5, 5.41) is 0. The van der Waals surface area contributed by atoms with Crippen LogP contribution < -0.4 is 4.74 Å². The maximum atomic E-state index is 12.1. The number of fused-ring (bicyclic) bond motifs is 1. The number of ether oxygens (including phenoxy) is 1. The van der Waals surface area contributed by atoms with E-state index in [1.54, 1.807) is 0 Å². The van der Waals surface area contributed by atoms with E-state index in [9.17, 15) is 4.79 Å². The van der Waals surface area contributed by atoms with Gasteiger partial charge in [0.15, 0.2) is 0 Å². The summed E-state index contributed by atoms with van der Waals surface area (Å²) in [6, 6.07) is 7.90. The second kappa shape index (κ2) is 3.09. The molecule has 2 atom stereocenters. The van der Waals surface area contributed by atoms with E-state index in [-0.39, 0.29) is 12.0 Å². The Morgan fingerprint density at radius 3 is 2.80 bits per heavy atom. The highest BCUT2D eigenvalue weighted by Gasteiger charge is 2.42. The Hall–Kier alpha value is -1.31. The van der Waals surface area contributed by atoms with Gasteiger partial charge in [-0.3, -0.25) is 4.79 Å². The molecule has 1 fully saturated rings. The molecule has 0 unspecified atom stereocenters. The van der Waals surface area contributed by atoms with E-state index in [0.717, 1.165) is 24.2 Å². The van der Waals surface area contributed by atoms with Gasteiger partial charge in [-0.05, 0) is 25.8 Å². The van der Waals surface area contributed by atoms with Crippen molar-refractivity contribution in [2.45, 2.75) is 31.8 Å². The predicted octanol–water partition coefficient (Wildman–Crippen LogP) is 2.53. The Labute approximate surface area is 89.2 Å². The molecule has 2 heteroatoms. The largest absolute Gasteiger partial charge is 0.489 e. The summed E-state index contributed by atoms with van der Waals surface area (Å²) >= 11 is 0. The van der Waals surface area contributed by atoms with Crippen molar-refractivity contribution in [3.63, 3.8) is 0 Å². The molecule has 0 amide bonds. The van der Waals surface area contributed by atoms with Crippen LogP contribution in [-0.2, 0) is 4.79 Å². The lowest BCUT2D eigenvalue weighted by Gasteiger charge is -2.12. The molecule has 0 radical (unpaired) electrons. The van der Waals surface area contributed by atoms with Crippen LogP contribution in [0.4, 0.5) is 0 Å². The smallest absolute Gasteiger partial charge is 0.147 e. The number of benzene rings is 1. The van der Waals surface area contributed by atoms with Crippen molar-refractivity contribution in [1.29, 1.82) is 0 Å². The number of hydrogen-bond acceptors (Lipinski definition) is 2. The van der Waals surface area contributed by atoms with Gasteiger partial charge in [-0.25, -0.2) is 0 Å². The Morgan fingerprint density at radius 2 is 2.07 bits per heavy atom. The lowest BCUT2D eigenvalue weighted by Crippen LogP contribution is -2.23. The van der Waals surface area contributed by atoms with Gasteiger partial charge in [0.05, 0.1) is 5.92 Å². The van der Waals surface area contributed by atoms with Gasteiger partial charge >= 0.3 is 0 Å². The van der Waals surface area contributed by atoms with Gasteiger partial charge in [0.1, 0.15) is 17.6 Å². The Balaban J connectivity index is 1.97. The molecule has 2 nitrogen and oxygen atoms in total. The molecule has 1 aromatic rings. The van der Waals surface area contributed by atoms with E-state index in [1.807, 2.05) is 31.2 Å². The first kappa shape index (κ1) is 8.96. The minimum atomic E-state index is -0.0197. The topological polar surface area (TPSA) is 26.3 Å². The highest BCUT2D eigenvalue weighted by Crippen LogP contribution is 2.44. The maximum Gasteiger partial charge on any atom is 0.147 e. The maximum absolute atomic E-state index is 12.1. The molecule has 1 aliphatic heterocycles. The van der Waals surface area contributed by atoms with Crippen molar-refractivity contribution in [3.05, 3.63) is 29.8 Å². The molecule has 78 valence electrons. The minimum absolute atomic E-state index is 0.00972. The molecule has 15 heavy (non-hydrogen) atoms. The first-order chi connectivity index (χ1) is 7.27. The number of ketones is 1. The van der Waals surface area contributed by atoms with Crippen molar-refractivity contribution < 1.29 is 9.53 Å². The van der Waals surface area contributed by atoms with Crippen LogP contribution in [0.3, 0.4) is 0 Å². The number of para-hydroxylation sites is 1. The fraction of sp³-hybridized carbons (Fsp3) is 0.462. The number of rotatable bonds is 2. The third-order valence-corrected chi connectivity index (χ3v) is 3.32. The van der Waals surface area contributed by atoms with Gasteiger partial charge in [0.25, 0.3) is 0 Å². The molecule has 0 saturated heterocycles. The standard InChI is InChI=1S/C13H14O2/c1-8-12(13(14)9-6-7-9)10-4-2-3-5-11(10)15-8/h2-5,8-9,12H,6-7H2,1H3/t8-,12-/m1/s1. The van der Waals surface area contributed by atoms with E-state index < -0.39 is 0 Å². The molecular formula is C13H14O2. The van der Waals surface area contributed by atoms with Gasteiger partial charge in [0.2, 0.25) is 0 Å². The van der Waals surface area contributed by atoms with Crippen molar-refractivity contribution in [1.82, 2.24) is 0 Å². The Kier molecular flexibility index (Phi) is 1.84. The van der Waals surface area contributed by atoms with Crippen molar-refractivity contribution >= 4 is 5.78 Å². The minimum Gasteiger partial charge on any atom is -0.489 e. The van der Waals surface area contributed by atoms with Crippen LogP contribution in [0.1, 0.15) is 31.2 Å². The lowest BCUT2D eigenvalue weighted by molar-refractivity contribution is -0.122. The van der Waals surface area contributed by atoms with Crippen LogP contribution in [0.15, 0.2) is 24.3 Å². The zero-order valence-electron chi connectivity index (χ0n) is 8.77. The average molecular weight is 202 g/mol. The molecule has 0 spiro atoms. The summed E-state index contributed by atoms with van der Waals surface area (Å²) in [4.78, 5) is 12.1. The SMILES string of the molecule is C[C@H]1Oc2ccccc2[C@@H]1C(=O)C1CC1. The third-order valence-electron chi connectivity index (χ3n) is 3.32.